The standard InChI is InChI=1S/C15H18FNO4/c1-21-11-6-4-5-10(13(11)16)14(20)17-15(9-12(18)19)7-2-3-8-15/h4-6H,2-3,7-9H2,1H3,(H,17,20)(H,18,19). The molecular weight excluding hydrogens is 277 g/mol. The average Bonchev–Trinajstić information content (AvgIpc) is 2.86. The minimum atomic E-state index is -0.969. The molecule has 5 nitrogen and oxygen atoms in total. The van der Waals surface area contributed by atoms with E-state index < -0.39 is 23.2 Å². The van der Waals surface area contributed by atoms with Crippen molar-refractivity contribution in [3.05, 3.63) is 29.6 Å². The fourth-order valence-corrected chi connectivity index (χ4v) is 2.84. The number of ether oxygens (including phenoxy) is 1. The Morgan fingerprint density at radius 3 is 2.62 bits per heavy atom. The number of rotatable bonds is 5. The van der Waals surface area contributed by atoms with E-state index in [0.717, 1.165) is 12.8 Å². The summed E-state index contributed by atoms with van der Waals surface area (Å²) in [4.78, 5) is 23.3. The van der Waals surface area contributed by atoms with Crippen LogP contribution < -0.4 is 10.1 Å². The van der Waals surface area contributed by atoms with Crippen LogP contribution in [0.5, 0.6) is 5.75 Å². The van der Waals surface area contributed by atoms with Crippen molar-refractivity contribution in [3.8, 4) is 5.75 Å². The third-order valence-corrected chi connectivity index (χ3v) is 3.86. The van der Waals surface area contributed by atoms with Crippen LogP contribution in [0.1, 0.15) is 42.5 Å². The minimum absolute atomic E-state index is 0.0126. The van der Waals surface area contributed by atoms with Gasteiger partial charge in [0, 0.05) is 0 Å². The Kier molecular flexibility index (Phi) is 4.45. The Morgan fingerprint density at radius 1 is 1.38 bits per heavy atom. The largest absolute Gasteiger partial charge is 0.494 e. The van der Waals surface area contributed by atoms with Crippen LogP contribution in [0.25, 0.3) is 0 Å². The molecule has 1 aromatic rings. The van der Waals surface area contributed by atoms with Gasteiger partial charge in [-0.25, -0.2) is 4.39 Å². The third-order valence-electron chi connectivity index (χ3n) is 3.86. The van der Waals surface area contributed by atoms with E-state index >= 15 is 0 Å². The zero-order valence-corrected chi connectivity index (χ0v) is 11.8. The molecule has 1 fully saturated rings. The Labute approximate surface area is 122 Å². The van der Waals surface area contributed by atoms with E-state index in [4.69, 9.17) is 9.84 Å². The second-order valence-electron chi connectivity index (χ2n) is 5.33. The van der Waals surface area contributed by atoms with Gasteiger partial charge in [-0.2, -0.15) is 0 Å². The molecule has 1 aliphatic rings. The fourth-order valence-electron chi connectivity index (χ4n) is 2.84. The number of hydrogen-bond acceptors (Lipinski definition) is 3. The van der Waals surface area contributed by atoms with Gasteiger partial charge in [-0.15, -0.1) is 0 Å². The number of carbonyl (C=O) groups excluding carboxylic acids is 1. The SMILES string of the molecule is COc1cccc(C(=O)NC2(CC(=O)O)CCCC2)c1F. The lowest BCUT2D eigenvalue weighted by Crippen LogP contribution is -2.48. The highest BCUT2D eigenvalue weighted by atomic mass is 19.1. The van der Waals surface area contributed by atoms with E-state index in [2.05, 4.69) is 5.32 Å². The summed E-state index contributed by atoms with van der Waals surface area (Å²) in [5.74, 6) is -2.32. The molecule has 0 heterocycles. The van der Waals surface area contributed by atoms with Crippen LogP contribution in [0.15, 0.2) is 18.2 Å². The number of benzene rings is 1. The van der Waals surface area contributed by atoms with Crippen LogP contribution >= 0.6 is 0 Å². The molecule has 6 heteroatoms. The summed E-state index contributed by atoms with van der Waals surface area (Å²) in [5.41, 5.74) is -0.913. The smallest absolute Gasteiger partial charge is 0.305 e. The third kappa shape index (κ3) is 3.32. The lowest BCUT2D eigenvalue weighted by molar-refractivity contribution is -0.138. The number of methoxy groups -OCH3 is 1. The van der Waals surface area contributed by atoms with Crippen molar-refractivity contribution in [1.82, 2.24) is 5.32 Å². The summed E-state index contributed by atoms with van der Waals surface area (Å²) in [6, 6.07) is 4.31. The zero-order valence-electron chi connectivity index (χ0n) is 11.8. The van der Waals surface area contributed by atoms with Crippen LogP contribution in [-0.4, -0.2) is 29.6 Å². The van der Waals surface area contributed by atoms with Gasteiger partial charge in [0.25, 0.3) is 5.91 Å². The highest BCUT2D eigenvalue weighted by Gasteiger charge is 2.38. The van der Waals surface area contributed by atoms with E-state index in [1.54, 1.807) is 0 Å². The normalized spacial score (nSPS) is 16.5. The maximum atomic E-state index is 14.1. The van der Waals surface area contributed by atoms with Gasteiger partial charge in [-0.1, -0.05) is 18.9 Å². The Morgan fingerprint density at radius 2 is 2.05 bits per heavy atom. The number of halogens is 1. The summed E-state index contributed by atoms with van der Waals surface area (Å²) in [6.45, 7) is 0. The van der Waals surface area contributed by atoms with Gasteiger partial charge in [0.2, 0.25) is 0 Å². The predicted molar refractivity (Wildman–Crippen MR) is 73.9 cm³/mol. The molecule has 0 bridgehead atoms. The maximum Gasteiger partial charge on any atom is 0.305 e. The number of carbonyl (C=O) groups is 2. The van der Waals surface area contributed by atoms with Gasteiger partial charge in [-0.05, 0) is 25.0 Å². The van der Waals surface area contributed by atoms with Crippen LogP contribution in [0.4, 0.5) is 4.39 Å². The van der Waals surface area contributed by atoms with Gasteiger partial charge in [0.1, 0.15) is 0 Å². The Balaban J connectivity index is 2.22. The summed E-state index contributed by atoms with van der Waals surface area (Å²) in [5, 5.41) is 11.7. The van der Waals surface area contributed by atoms with Crippen molar-refractivity contribution in [2.75, 3.05) is 7.11 Å². The molecule has 0 atom stereocenters. The van der Waals surface area contributed by atoms with E-state index in [1.807, 2.05) is 0 Å². The first kappa shape index (κ1) is 15.3. The second-order valence-corrected chi connectivity index (χ2v) is 5.33. The van der Waals surface area contributed by atoms with E-state index in [0.29, 0.717) is 12.8 Å². The number of nitrogens with one attached hydrogen (secondary N) is 1. The predicted octanol–water partition coefficient (Wildman–Crippen LogP) is 2.35. The highest BCUT2D eigenvalue weighted by Crippen LogP contribution is 2.33. The first-order chi connectivity index (χ1) is 9.97. The lowest BCUT2D eigenvalue weighted by Gasteiger charge is -2.28. The van der Waals surface area contributed by atoms with Crippen molar-refractivity contribution < 1.29 is 23.8 Å². The maximum absolute atomic E-state index is 14.1. The number of amides is 1. The molecule has 1 saturated carbocycles. The van der Waals surface area contributed by atoms with Gasteiger partial charge < -0.3 is 15.2 Å². The summed E-state index contributed by atoms with van der Waals surface area (Å²) in [6.07, 6.45) is 2.75. The topological polar surface area (TPSA) is 75.6 Å². The molecule has 1 amide bonds. The molecule has 21 heavy (non-hydrogen) atoms. The molecule has 0 radical (unpaired) electrons. The number of aliphatic carboxylic acids is 1. The average molecular weight is 295 g/mol. The van der Waals surface area contributed by atoms with Crippen molar-refractivity contribution in [1.29, 1.82) is 0 Å². The van der Waals surface area contributed by atoms with E-state index in [9.17, 15) is 14.0 Å². The van der Waals surface area contributed by atoms with Crippen LogP contribution in [-0.2, 0) is 4.79 Å². The van der Waals surface area contributed by atoms with Crippen molar-refractivity contribution in [2.45, 2.75) is 37.6 Å². The lowest BCUT2D eigenvalue weighted by atomic mass is 9.92. The molecule has 0 spiro atoms. The molecule has 2 rings (SSSR count). The van der Waals surface area contributed by atoms with Gasteiger partial charge in [0.05, 0.1) is 24.6 Å². The van der Waals surface area contributed by atoms with E-state index in [-0.39, 0.29) is 17.7 Å². The molecule has 1 aliphatic carbocycles. The first-order valence-electron chi connectivity index (χ1n) is 6.84. The Bertz CT molecular complexity index is 553. The van der Waals surface area contributed by atoms with E-state index in [1.165, 1.54) is 25.3 Å². The van der Waals surface area contributed by atoms with Crippen LogP contribution in [0.2, 0.25) is 0 Å². The van der Waals surface area contributed by atoms with Gasteiger partial charge in [0.15, 0.2) is 11.6 Å². The van der Waals surface area contributed by atoms with Crippen LogP contribution in [0, 0.1) is 5.82 Å². The van der Waals surface area contributed by atoms with Crippen molar-refractivity contribution in [3.63, 3.8) is 0 Å². The summed E-state index contributed by atoms with van der Waals surface area (Å²) < 4.78 is 18.9. The Hall–Kier alpha value is -2.11. The summed E-state index contributed by atoms with van der Waals surface area (Å²) in [7, 11) is 1.32. The number of carboxylic acid groups (broad SMARTS) is 1. The second kappa shape index (κ2) is 6.11. The summed E-state index contributed by atoms with van der Waals surface area (Å²) >= 11 is 0. The van der Waals surface area contributed by atoms with Crippen molar-refractivity contribution in [2.24, 2.45) is 0 Å². The quantitative estimate of drug-likeness (QED) is 0.874. The molecule has 1 aromatic carbocycles. The van der Waals surface area contributed by atoms with Gasteiger partial charge >= 0.3 is 5.97 Å². The number of carboxylic acids is 1. The molecular formula is C15H18FNO4. The molecule has 0 saturated heterocycles. The van der Waals surface area contributed by atoms with Crippen molar-refractivity contribution >= 4 is 11.9 Å². The molecule has 0 aliphatic heterocycles. The molecule has 0 unspecified atom stereocenters. The fraction of sp³-hybridized carbons (Fsp3) is 0.467. The molecule has 2 N–H and O–H groups in total. The monoisotopic (exact) mass is 295 g/mol. The molecule has 114 valence electrons. The van der Waals surface area contributed by atoms with Crippen LogP contribution in [0.3, 0.4) is 0 Å². The minimum Gasteiger partial charge on any atom is -0.494 e. The zero-order chi connectivity index (χ0) is 15.5. The molecule has 0 aromatic heterocycles. The number of hydrogen-bond donors (Lipinski definition) is 2. The first-order valence-corrected chi connectivity index (χ1v) is 6.84. The highest BCUT2D eigenvalue weighted by molar-refractivity contribution is 5.95. The van der Waals surface area contributed by atoms with Gasteiger partial charge in [-0.3, -0.25) is 9.59 Å².